The van der Waals surface area contributed by atoms with E-state index < -0.39 is 0 Å². The highest BCUT2D eigenvalue weighted by molar-refractivity contribution is 5.82. The lowest BCUT2D eigenvalue weighted by Gasteiger charge is -2.11. The Bertz CT molecular complexity index is 1070. The van der Waals surface area contributed by atoms with Crippen LogP contribution in [0.25, 0.3) is 28.0 Å². The van der Waals surface area contributed by atoms with Gasteiger partial charge in [0, 0.05) is 17.5 Å². The van der Waals surface area contributed by atoms with Crippen LogP contribution in [0, 0.1) is 6.92 Å². The first kappa shape index (κ1) is 15.1. The van der Waals surface area contributed by atoms with E-state index in [-0.39, 0.29) is 0 Å². The second-order valence-corrected chi connectivity index (χ2v) is 5.76. The number of imidazole rings is 1. The highest BCUT2D eigenvalue weighted by Gasteiger charge is 2.10. The molecular weight excluding hydrogens is 312 g/mol. The monoisotopic (exact) mass is 328 g/mol. The van der Waals surface area contributed by atoms with Crippen molar-refractivity contribution in [1.29, 1.82) is 0 Å². The number of pyridine rings is 2. The predicted octanol–water partition coefficient (Wildman–Crippen LogP) is 3.94. The Morgan fingerprint density at radius 3 is 2.64 bits per heavy atom. The molecule has 4 aromatic rings. The van der Waals surface area contributed by atoms with Crippen LogP contribution in [-0.4, -0.2) is 20.8 Å². The molecule has 25 heavy (non-hydrogen) atoms. The lowest BCUT2D eigenvalue weighted by Crippen LogP contribution is -1.98. The Labute approximate surface area is 145 Å². The van der Waals surface area contributed by atoms with Gasteiger partial charge in [0.1, 0.15) is 11.5 Å². The lowest BCUT2D eigenvalue weighted by molar-refractivity contribution is -0.105. The zero-order valence-electron chi connectivity index (χ0n) is 13.7. The molecule has 0 bridgehead atoms. The fourth-order valence-corrected chi connectivity index (χ4v) is 2.96. The molecule has 0 radical (unpaired) electrons. The second-order valence-electron chi connectivity index (χ2n) is 5.76. The molecule has 0 saturated heterocycles. The molecule has 0 aliphatic rings. The summed E-state index contributed by atoms with van der Waals surface area (Å²) in [5.41, 5.74) is 5.86. The number of nitrogens with one attached hydrogen (secondary N) is 1. The summed E-state index contributed by atoms with van der Waals surface area (Å²) < 4.78 is 1.87. The fourth-order valence-electron chi connectivity index (χ4n) is 2.96. The smallest absolute Gasteiger partial charge is 0.212 e. The SMILES string of the molecule is Cc1cccc(-c2ccccc2-c2ccc3ncc(NC=O)n3c2)n1. The van der Waals surface area contributed by atoms with E-state index in [1.807, 2.05) is 60.0 Å². The summed E-state index contributed by atoms with van der Waals surface area (Å²) in [6, 6.07) is 18.1. The van der Waals surface area contributed by atoms with Gasteiger partial charge in [0.25, 0.3) is 0 Å². The molecular formula is C20H16N4O. The summed E-state index contributed by atoms with van der Waals surface area (Å²) in [4.78, 5) is 19.7. The van der Waals surface area contributed by atoms with Gasteiger partial charge in [-0.25, -0.2) is 4.98 Å². The van der Waals surface area contributed by atoms with E-state index >= 15 is 0 Å². The van der Waals surface area contributed by atoms with Gasteiger partial charge in [0.15, 0.2) is 0 Å². The van der Waals surface area contributed by atoms with Gasteiger partial charge in [-0.05, 0) is 42.3 Å². The van der Waals surface area contributed by atoms with Crippen LogP contribution >= 0.6 is 0 Å². The van der Waals surface area contributed by atoms with E-state index in [1.165, 1.54) is 0 Å². The standard InChI is InChI=1S/C20H16N4O/c1-14-5-4-8-18(23-14)17-7-3-2-6-16(17)15-9-10-19-21-11-20(22-13-25)24(19)12-15/h2-13H,1H3,(H,22,25). The van der Waals surface area contributed by atoms with Crippen molar-refractivity contribution in [3.63, 3.8) is 0 Å². The van der Waals surface area contributed by atoms with E-state index in [0.29, 0.717) is 12.2 Å². The van der Waals surface area contributed by atoms with Gasteiger partial charge in [-0.15, -0.1) is 0 Å². The number of aromatic nitrogens is 3. The quantitative estimate of drug-likeness (QED) is 0.577. The third-order valence-electron chi connectivity index (χ3n) is 4.11. The molecule has 3 heterocycles. The summed E-state index contributed by atoms with van der Waals surface area (Å²) >= 11 is 0. The van der Waals surface area contributed by atoms with Crippen molar-refractivity contribution < 1.29 is 4.79 Å². The van der Waals surface area contributed by atoms with Crippen LogP contribution in [0.1, 0.15) is 5.69 Å². The Morgan fingerprint density at radius 2 is 1.84 bits per heavy atom. The molecule has 122 valence electrons. The summed E-state index contributed by atoms with van der Waals surface area (Å²) in [5.74, 6) is 0.637. The minimum absolute atomic E-state index is 0.637. The van der Waals surface area contributed by atoms with E-state index in [2.05, 4.69) is 27.4 Å². The summed E-state index contributed by atoms with van der Waals surface area (Å²) in [7, 11) is 0. The number of rotatable bonds is 4. The first-order valence-corrected chi connectivity index (χ1v) is 7.97. The second kappa shape index (κ2) is 6.20. The van der Waals surface area contributed by atoms with E-state index in [4.69, 9.17) is 0 Å². The van der Waals surface area contributed by atoms with Gasteiger partial charge in [-0.3, -0.25) is 14.2 Å². The van der Waals surface area contributed by atoms with Gasteiger partial charge in [0.2, 0.25) is 6.41 Å². The normalized spacial score (nSPS) is 10.8. The van der Waals surface area contributed by atoms with E-state index in [0.717, 1.165) is 33.7 Å². The maximum Gasteiger partial charge on any atom is 0.212 e. The molecule has 5 nitrogen and oxygen atoms in total. The van der Waals surface area contributed by atoms with Crippen LogP contribution < -0.4 is 5.32 Å². The van der Waals surface area contributed by atoms with Crippen molar-refractivity contribution >= 4 is 17.9 Å². The molecule has 0 aliphatic carbocycles. The van der Waals surface area contributed by atoms with Crippen LogP contribution in [0.3, 0.4) is 0 Å². The molecule has 5 heteroatoms. The van der Waals surface area contributed by atoms with Gasteiger partial charge < -0.3 is 5.32 Å². The number of amides is 1. The Morgan fingerprint density at radius 1 is 1.00 bits per heavy atom. The Hall–Kier alpha value is -3.47. The average Bonchev–Trinajstić information content (AvgIpc) is 3.04. The Balaban J connectivity index is 1.89. The van der Waals surface area contributed by atoms with Crippen molar-refractivity contribution in [2.75, 3.05) is 5.32 Å². The van der Waals surface area contributed by atoms with Crippen LogP contribution in [0.5, 0.6) is 0 Å². The molecule has 0 aliphatic heterocycles. The fraction of sp³-hybridized carbons (Fsp3) is 0.0500. The lowest BCUT2D eigenvalue weighted by atomic mass is 9.98. The molecule has 3 aromatic heterocycles. The number of anilines is 1. The van der Waals surface area contributed by atoms with Crippen LogP contribution in [0.2, 0.25) is 0 Å². The highest BCUT2D eigenvalue weighted by atomic mass is 16.1. The highest BCUT2D eigenvalue weighted by Crippen LogP contribution is 2.31. The zero-order valence-corrected chi connectivity index (χ0v) is 13.7. The van der Waals surface area contributed by atoms with Crippen LogP contribution in [-0.2, 0) is 4.79 Å². The third kappa shape index (κ3) is 2.76. The molecule has 1 amide bonds. The van der Waals surface area contributed by atoms with Crippen molar-refractivity contribution in [3.8, 4) is 22.4 Å². The number of carbonyl (C=O) groups is 1. The number of nitrogens with zero attached hydrogens (tertiary/aromatic N) is 3. The van der Waals surface area contributed by atoms with Gasteiger partial charge in [0.05, 0.1) is 11.9 Å². The molecule has 4 rings (SSSR count). The topological polar surface area (TPSA) is 59.3 Å². The molecule has 0 unspecified atom stereocenters. The summed E-state index contributed by atoms with van der Waals surface area (Å²) in [5, 5.41) is 2.67. The average molecular weight is 328 g/mol. The maximum absolute atomic E-state index is 10.8. The number of fused-ring (bicyclic) bond motifs is 1. The van der Waals surface area contributed by atoms with Crippen molar-refractivity contribution in [1.82, 2.24) is 14.4 Å². The molecule has 0 saturated carbocycles. The predicted molar refractivity (Wildman–Crippen MR) is 98.3 cm³/mol. The van der Waals surface area contributed by atoms with Crippen LogP contribution in [0.4, 0.5) is 5.82 Å². The molecule has 0 spiro atoms. The van der Waals surface area contributed by atoms with E-state index in [1.54, 1.807) is 6.20 Å². The maximum atomic E-state index is 10.8. The van der Waals surface area contributed by atoms with Crippen molar-refractivity contribution in [2.45, 2.75) is 6.92 Å². The van der Waals surface area contributed by atoms with Crippen molar-refractivity contribution in [3.05, 3.63) is 72.7 Å². The summed E-state index contributed by atoms with van der Waals surface area (Å²) in [6.45, 7) is 1.99. The number of benzene rings is 1. The minimum atomic E-state index is 0.637. The van der Waals surface area contributed by atoms with Crippen molar-refractivity contribution in [2.24, 2.45) is 0 Å². The number of hydrogen-bond acceptors (Lipinski definition) is 3. The van der Waals surface area contributed by atoms with Gasteiger partial charge >= 0.3 is 0 Å². The van der Waals surface area contributed by atoms with E-state index in [9.17, 15) is 4.79 Å². The number of aryl methyl sites for hydroxylation is 1. The first-order chi connectivity index (χ1) is 12.3. The van der Waals surface area contributed by atoms with Gasteiger partial charge in [-0.2, -0.15) is 0 Å². The largest absolute Gasteiger partial charge is 0.313 e. The number of carbonyl (C=O) groups excluding carboxylic acids is 1. The summed E-state index contributed by atoms with van der Waals surface area (Å²) in [6.07, 6.45) is 4.27. The third-order valence-corrected chi connectivity index (χ3v) is 4.11. The van der Waals surface area contributed by atoms with Gasteiger partial charge in [-0.1, -0.05) is 30.3 Å². The zero-order chi connectivity index (χ0) is 17.2. The number of hydrogen-bond donors (Lipinski definition) is 1. The molecule has 0 atom stereocenters. The first-order valence-electron chi connectivity index (χ1n) is 7.97. The minimum Gasteiger partial charge on any atom is -0.313 e. The molecule has 0 fully saturated rings. The Kier molecular flexibility index (Phi) is 3.74. The molecule has 1 aromatic carbocycles. The van der Waals surface area contributed by atoms with Crippen LogP contribution in [0.15, 0.2) is 67.0 Å². The molecule has 1 N–H and O–H groups in total.